The zero-order valence-corrected chi connectivity index (χ0v) is 11.5. The second kappa shape index (κ2) is 5.40. The predicted molar refractivity (Wildman–Crippen MR) is 70.6 cm³/mol. The number of hydrogen-bond acceptors (Lipinski definition) is 4. The van der Waals surface area contributed by atoms with Crippen molar-refractivity contribution in [1.82, 2.24) is 15.5 Å². The van der Waals surface area contributed by atoms with Gasteiger partial charge in [-0.25, -0.2) is 4.79 Å². The number of amides is 4. The van der Waals surface area contributed by atoms with Crippen LogP contribution in [0, 0.1) is 0 Å². The van der Waals surface area contributed by atoms with Crippen LogP contribution in [0.4, 0.5) is 4.79 Å². The molecule has 0 aromatic carbocycles. The number of carbonyl (C=O) groups excluding carboxylic acids is 3. The highest BCUT2D eigenvalue weighted by molar-refractivity contribution is 7.10. The quantitative estimate of drug-likeness (QED) is 0.804. The van der Waals surface area contributed by atoms with Crippen molar-refractivity contribution in [1.29, 1.82) is 0 Å². The third-order valence-corrected chi connectivity index (χ3v) is 4.21. The van der Waals surface area contributed by atoms with Crippen LogP contribution < -0.4 is 10.6 Å². The van der Waals surface area contributed by atoms with Crippen molar-refractivity contribution in [3.8, 4) is 0 Å². The summed E-state index contributed by atoms with van der Waals surface area (Å²) in [7, 11) is 1.70. The predicted octanol–water partition coefficient (Wildman–Crippen LogP) is 0.866. The fourth-order valence-electron chi connectivity index (χ4n) is 1.86. The highest BCUT2D eigenvalue weighted by atomic mass is 32.1. The Morgan fingerprint density at radius 2 is 2.26 bits per heavy atom. The minimum atomic E-state index is -0.766. The van der Waals surface area contributed by atoms with Crippen molar-refractivity contribution in [2.75, 3.05) is 7.05 Å². The molecule has 0 saturated carbocycles. The molecule has 7 heteroatoms. The first-order valence-corrected chi connectivity index (χ1v) is 6.77. The molecule has 1 aliphatic rings. The monoisotopic (exact) mass is 281 g/mol. The molecule has 6 nitrogen and oxygen atoms in total. The Labute approximate surface area is 114 Å². The maximum atomic E-state index is 12.1. The molecule has 0 bridgehead atoms. The number of hydrogen-bond donors (Lipinski definition) is 2. The van der Waals surface area contributed by atoms with Crippen LogP contribution in [0.15, 0.2) is 17.5 Å². The van der Waals surface area contributed by atoms with Gasteiger partial charge in [-0.15, -0.1) is 11.3 Å². The Balaban J connectivity index is 1.96. The molecule has 0 spiro atoms. The first-order chi connectivity index (χ1) is 8.99. The minimum absolute atomic E-state index is 0.0240. The van der Waals surface area contributed by atoms with Crippen LogP contribution in [-0.2, 0) is 9.59 Å². The van der Waals surface area contributed by atoms with Crippen molar-refractivity contribution < 1.29 is 14.4 Å². The van der Waals surface area contributed by atoms with E-state index in [2.05, 4.69) is 10.6 Å². The molecule has 1 aromatic heterocycles. The summed E-state index contributed by atoms with van der Waals surface area (Å²) in [6.45, 7) is 1.93. The van der Waals surface area contributed by atoms with E-state index in [1.165, 1.54) is 0 Å². The molecule has 0 aliphatic carbocycles. The van der Waals surface area contributed by atoms with E-state index in [0.29, 0.717) is 0 Å². The average molecular weight is 281 g/mol. The van der Waals surface area contributed by atoms with Gasteiger partial charge in [0.2, 0.25) is 5.91 Å². The van der Waals surface area contributed by atoms with Crippen LogP contribution in [0.2, 0.25) is 0 Å². The zero-order valence-electron chi connectivity index (χ0n) is 10.7. The fraction of sp³-hybridized carbons (Fsp3) is 0.417. The standard InChI is InChI=1S/C12H15N3O3S/c1-7(9-4-3-5-19-9)15(2)10(16)6-8-11(17)14-12(18)13-8/h3-5,7-8H,6H2,1-2H3,(H2,13,14,17,18)/t7-,8+/m1/s1. The first kappa shape index (κ1) is 13.5. The molecule has 0 unspecified atom stereocenters. The lowest BCUT2D eigenvalue weighted by molar-refractivity contribution is -0.134. The van der Waals surface area contributed by atoms with E-state index in [4.69, 9.17) is 0 Å². The lowest BCUT2D eigenvalue weighted by Gasteiger charge is -2.24. The number of nitrogens with zero attached hydrogens (tertiary/aromatic N) is 1. The maximum absolute atomic E-state index is 12.1. The lowest BCUT2D eigenvalue weighted by Crippen LogP contribution is -2.38. The van der Waals surface area contributed by atoms with Crippen LogP contribution in [0.25, 0.3) is 0 Å². The summed E-state index contributed by atoms with van der Waals surface area (Å²) in [5, 5.41) is 6.48. The Bertz CT molecular complexity index is 500. The first-order valence-electron chi connectivity index (χ1n) is 5.89. The van der Waals surface area contributed by atoms with Gasteiger partial charge in [0.15, 0.2) is 0 Å². The molecule has 2 atom stereocenters. The molecule has 1 saturated heterocycles. The highest BCUT2D eigenvalue weighted by Gasteiger charge is 2.32. The van der Waals surface area contributed by atoms with Gasteiger partial charge in [0.1, 0.15) is 6.04 Å². The maximum Gasteiger partial charge on any atom is 0.322 e. The molecule has 2 heterocycles. The molecule has 19 heavy (non-hydrogen) atoms. The zero-order chi connectivity index (χ0) is 14.0. The van der Waals surface area contributed by atoms with Gasteiger partial charge in [0, 0.05) is 11.9 Å². The Morgan fingerprint density at radius 1 is 1.53 bits per heavy atom. The largest absolute Gasteiger partial charge is 0.338 e. The summed E-state index contributed by atoms with van der Waals surface area (Å²) in [4.78, 5) is 37.1. The average Bonchev–Trinajstić information content (AvgIpc) is 2.98. The van der Waals surface area contributed by atoms with E-state index in [0.717, 1.165) is 4.88 Å². The van der Waals surface area contributed by atoms with Crippen molar-refractivity contribution in [3.63, 3.8) is 0 Å². The number of carbonyl (C=O) groups is 3. The van der Waals surface area contributed by atoms with E-state index in [9.17, 15) is 14.4 Å². The van der Waals surface area contributed by atoms with Gasteiger partial charge < -0.3 is 10.2 Å². The van der Waals surface area contributed by atoms with Crippen molar-refractivity contribution in [3.05, 3.63) is 22.4 Å². The van der Waals surface area contributed by atoms with Crippen molar-refractivity contribution in [2.24, 2.45) is 0 Å². The topological polar surface area (TPSA) is 78.5 Å². The molecular weight excluding hydrogens is 266 g/mol. The van der Waals surface area contributed by atoms with Crippen molar-refractivity contribution >= 4 is 29.2 Å². The number of urea groups is 1. The second-order valence-electron chi connectivity index (χ2n) is 4.42. The lowest BCUT2D eigenvalue weighted by atomic mass is 10.1. The molecule has 2 N–H and O–H groups in total. The van der Waals surface area contributed by atoms with E-state index in [1.54, 1.807) is 23.3 Å². The van der Waals surface area contributed by atoms with Gasteiger partial charge in [0.25, 0.3) is 5.91 Å². The summed E-state index contributed by atoms with van der Waals surface area (Å²) in [5.41, 5.74) is 0. The molecule has 2 rings (SSSR count). The molecule has 1 aliphatic heterocycles. The van der Waals surface area contributed by atoms with Gasteiger partial charge in [-0.2, -0.15) is 0 Å². The van der Waals surface area contributed by atoms with Gasteiger partial charge in [-0.1, -0.05) is 6.07 Å². The third-order valence-electron chi connectivity index (χ3n) is 3.17. The summed E-state index contributed by atoms with van der Waals surface area (Å²) < 4.78 is 0. The SMILES string of the molecule is C[C@H](c1cccs1)N(C)C(=O)C[C@@H]1NC(=O)NC1=O. The van der Waals surface area contributed by atoms with E-state index in [-0.39, 0.29) is 18.4 Å². The van der Waals surface area contributed by atoms with E-state index in [1.807, 2.05) is 24.4 Å². The van der Waals surface area contributed by atoms with Crippen LogP contribution in [-0.4, -0.2) is 35.8 Å². The van der Waals surface area contributed by atoms with Gasteiger partial charge >= 0.3 is 6.03 Å². The van der Waals surface area contributed by atoms with E-state index >= 15 is 0 Å². The summed E-state index contributed by atoms with van der Waals surface area (Å²) in [6, 6.07) is 2.53. The Hall–Kier alpha value is -1.89. The minimum Gasteiger partial charge on any atom is -0.338 e. The second-order valence-corrected chi connectivity index (χ2v) is 5.39. The molecule has 102 valence electrons. The van der Waals surface area contributed by atoms with Gasteiger partial charge in [0.05, 0.1) is 12.5 Å². The van der Waals surface area contributed by atoms with Gasteiger partial charge in [-0.3, -0.25) is 14.9 Å². The summed E-state index contributed by atoms with van der Waals surface area (Å²) >= 11 is 1.58. The summed E-state index contributed by atoms with van der Waals surface area (Å²) in [6.07, 6.45) is -0.0240. The smallest absolute Gasteiger partial charge is 0.322 e. The van der Waals surface area contributed by atoms with E-state index < -0.39 is 18.0 Å². The van der Waals surface area contributed by atoms with Crippen molar-refractivity contribution in [2.45, 2.75) is 25.4 Å². The molecule has 1 aromatic rings. The van der Waals surface area contributed by atoms with Crippen LogP contribution in [0.5, 0.6) is 0 Å². The number of nitrogens with one attached hydrogen (secondary N) is 2. The number of imide groups is 1. The molecular formula is C12H15N3O3S. The highest BCUT2D eigenvalue weighted by Crippen LogP contribution is 2.24. The number of rotatable bonds is 4. The third kappa shape index (κ3) is 2.93. The molecule has 0 radical (unpaired) electrons. The Morgan fingerprint density at radius 3 is 2.79 bits per heavy atom. The normalized spacial score (nSPS) is 19.8. The van der Waals surface area contributed by atoms with Crippen LogP contribution in [0.3, 0.4) is 0 Å². The van der Waals surface area contributed by atoms with Gasteiger partial charge in [-0.05, 0) is 18.4 Å². The Kier molecular flexibility index (Phi) is 3.84. The fourth-order valence-corrected chi connectivity index (χ4v) is 2.68. The molecule has 4 amide bonds. The number of thiophene rings is 1. The van der Waals surface area contributed by atoms with Crippen LogP contribution >= 0.6 is 11.3 Å². The summed E-state index contributed by atoms with van der Waals surface area (Å²) in [5.74, 6) is -0.626. The molecule has 1 fully saturated rings. The van der Waals surface area contributed by atoms with Crippen LogP contribution in [0.1, 0.15) is 24.3 Å².